The zero-order valence-electron chi connectivity index (χ0n) is 19.6. The second kappa shape index (κ2) is 12.3. The molecule has 0 aliphatic carbocycles. The number of carbonyl (C=O) groups is 1. The van der Waals surface area contributed by atoms with Crippen molar-refractivity contribution in [3.05, 3.63) is 90.5 Å². The number of aliphatic hydroxyl groups excluding tert-OH is 1. The number of carboxylic acids is 1. The number of carboxylic acid groups (broad SMARTS) is 1. The third-order valence-corrected chi connectivity index (χ3v) is 6.38. The minimum atomic E-state index is -5.08. The predicted molar refractivity (Wildman–Crippen MR) is 135 cm³/mol. The number of alkyl halides is 3. The van der Waals surface area contributed by atoms with Gasteiger partial charge in [0.15, 0.2) is 11.6 Å². The number of anilines is 2. The molecule has 9 nitrogen and oxygen atoms in total. The highest BCUT2D eigenvalue weighted by molar-refractivity contribution is 7.92. The molecule has 0 aliphatic rings. The Morgan fingerprint density at radius 3 is 1.82 bits per heavy atom. The summed E-state index contributed by atoms with van der Waals surface area (Å²) >= 11 is 0. The monoisotopic (exact) mass is 548 g/mol. The predicted octanol–water partition coefficient (Wildman–Crippen LogP) is 4.60. The van der Waals surface area contributed by atoms with Crippen LogP contribution in [-0.2, 0) is 14.8 Å². The zero-order valence-corrected chi connectivity index (χ0v) is 20.4. The molecule has 1 aromatic heterocycles. The number of benzene rings is 3. The van der Waals surface area contributed by atoms with E-state index >= 15 is 0 Å². The number of nitrogens with zero attached hydrogens (tertiary/aromatic N) is 2. The number of rotatable bonds is 8. The van der Waals surface area contributed by atoms with Crippen LogP contribution in [0.15, 0.2) is 89.8 Å². The van der Waals surface area contributed by atoms with Crippen molar-refractivity contribution in [1.29, 1.82) is 0 Å². The number of para-hydroxylation sites is 2. The van der Waals surface area contributed by atoms with Crippen LogP contribution in [0.25, 0.3) is 11.0 Å². The molecule has 4 aromatic rings. The van der Waals surface area contributed by atoms with Crippen LogP contribution in [0.1, 0.15) is 18.0 Å². The van der Waals surface area contributed by atoms with E-state index in [1.807, 2.05) is 48.5 Å². The van der Waals surface area contributed by atoms with Gasteiger partial charge in [-0.15, -0.1) is 0 Å². The molecule has 0 fully saturated rings. The summed E-state index contributed by atoms with van der Waals surface area (Å²) in [5, 5.41) is 20.0. The molecule has 0 radical (unpaired) electrons. The first kappa shape index (κ1) is 28.3. The second-order valence-corrected chi connectivity index (χ2v) is 9.43. The van der Waals surface area contributed by atoms with E-state index in [-0.39, 0.29) is 23.4 Å². The number of aliphatic carboxylic acids is 1. The Morgan fingerprint density at radius 2 is 1.32 bits per heavy atom. The Balaban J connectivity index is 0.000000505. The van der Waals surface area contributed by atoms with Gasteiger partial charge < -0.3 is 15.5 Å². The first-order valence-corrected chi connectivity index (χ1v) is 12.6. The molecular formula is C25H23F3N4O5S. The third-order valence-electron chi connectivity index (χ3n) is 5.03. The molecule has 4 N–H and O–H groups in total. The fourth-order valence-corrected chi connectivity index (χ4v) is 4.29. The molecule has 1 atom stereocenters. The molecule has 0 spiro atoms. The number of hydrogen-bond acceptors (Lipinski definition) is 7. The first-order chi connectivity index (χ1) is 18.0. The lowest BCUT2D eigenvalue weighted by Crippen LogP contribution is -2.21. The summed E-state index contributed by atoms with van der Waals surface area (Å²) in [6.45, 7) is -0.0430. The van der Waals surface area contributed by atoms with Crippen molar-refractivity contribution in [2.45, 2.75) is 23.5 Å². The summed E-state index contributed by atoms with van der Waals surface area (Å²) in [6, 6.07) is 24.7. The second-order valence-electron chi connectivity index (χ2n) is 7.75. The van der Waals surface area contributed by atoms with Crippen molar-refractivity contribution in [3.63, 3.8) is 0 Å². The average molecular weight is 549 g/mol. The van der Waals surface area contributed by atoms with Crippen LogP contribution in [0.2, 0.25) is 0 Å². The maximum Gasteiger partial charge on any atom is 0.490 e. The average Bonchev–Trinajstić information content (AvgIpc) is 2.89. The molecule has 0 bridgehead atoms. The van der Waals surface area contributed by atoms with E-state index in [0.29, 0.717) is 23.3 Å². The summed E-state index contributed by atoms with van der Waals surface area (Å²) in [5.41, 5.74) is 2.14. The molecule has 4 rings (SSSR count). The normalized spacial score (nSPS) is 12.2. The van der Waals surface area contributed by atoms with Gasteiger partial charge in [-0.2, -0.15) is 13.2 Å². The summed E-state index contributed by atoms with van der Waals surface area (Å²) in [5.74, 6) is -2.37. The Hall–Kier alpha value is -4.23. The Bertz CT molecular complexity index is 1470. The maximum atomic E-state index is 12.9. The zero-order chi connectivity index (χ0) is 27.8. The van der Waals surface area contributed by atoms with Crippen LogP contribution in [0.5, 0.6) is 0 Å². The summed E-state index contributed by atoms with van der Waals surface area (Å²) in [7, 11) is -3.86. The lowest BCUT2D eigenvalue weighted by atomic mass is 10.0. The molecule has 0 aliphatic heterocycles. The van der Waals surface area contributed by atoms with E-state index in [4.69, 9.17) is 9.90 Å². The number of sulfonamides is 1. The van der Waals surface area contributed by atoms with Gasteiger partial charge in [0.25, 0.3) is 10.0 Å². The molecule has 1 heterocycles. The largest absolute Gasteiger partial charge is 0.490 e. The van der Waals surface area contributed by atoms with Crippen molar-refractivity contribution >= 4 is 38.7 Å². The van der Waals surface area contributed by atoms with E-state index in [1.54, 1.807) is 24.3 Å². The van der Waals surface area contributed by atoms with E-state index in [0.717, 1.165) is 5.56 Å². The van der Waals surface area contributed by atoms with E-state index in [2.05, 4.69) is 20.0 Å². The van der Waals surface area contributed by atoms with Gasteiger partial charge in [-0.1, -0.05) is 60.7 Å². The summed E-state index contributed by atoms with van der Waals surface area (Å²) in [4.78, 5) is 18.2. The van der Waals surface area contributed by atoms with Gasteiger partial charge in [-0.3, -0.25) is 4.72 Å². The summed E-state index contributed by atoms with van der Waals surface area (Å²) < 4.78 is 60.2. The van der Waals surface area contributed by atoms with Crippen LogP contribution in [-0.4, -0.2) is 47.4 Å². The Kier molecular flexibility index (Phi) is 9.20. The highest BCUT2D eigenvalue weighted by atomic mass is 32.2. The lowest BCUT2D eigenvalue weighted by Gasteiger charge is -2.21. The van der Waals surface area contributed by atoms with Crippen molar-refractivity contribution in [2.24, 2.45) is 0 Å². The van der Waals surface area contributed by atoms with Gasteiger partial charge in [-0.25, -0.2) is 23.2 Å². The van der Waals surface area contributed by atoms with Crippen molar-refractivity contribution in [3.8, 4) is 0 Å². The van der Waals surface area contributed by atoms with Crippen molar-refractivity contribution in [1.82, 2.24) is 9.97 Å². The Morgan fingerprint density at radius 1 is 0.842 bits per heavy atom. The van der Waals surface area contributed by atoms with E-state index in [1.165, 1.54) is 12.1 Å². The molecule has 0 saturated heterocycles. The maximum absolute atomic E-state index is 12.9. The van der Waals surface area contributed by atoms with Crippen LogP contribution in [0, 0.1) is 0 Å². The van der Waals surface area contributed by atoms with Gasteiger partial charge in [-0.05, 0) is 36.2 Å². The van der Waals surface area contributed by atoms with E-state index in [9.17, 15) is 26.7 Å². The van der Waals surface area contributed by atoms with Crippen LogP contribution >= 0.6 is 0 Å². The SMILES string of the molecule is O=C(O)C(F)(F)F.O=S(=O)(Nc1nc2ccccc2nc1NC(CCO)c1ccccc1)c1ccccc1. The molecule has 0 saturated carbocycles. The summed E-state index contributed by atoms with van der Waals surface area (Å²) in [6.07, 6.45) is -4.66. The number of aliphatic hydroxyl groups is 1. The molecule has 3 aromatic carbocycles. The number of aromatic nitrogens is 2. The van der Waals surface area contributed by atoms with Crippen LogP contribution in [0.4, 0.5) is 24.8 Å². The van der Waals surface area contributed by atoms with Gasteiger partial charge >= 0.3 is 12.1 Å². The van der Waals surface area contributed by atoms with Crippen LogP contribution < -0.4 is 10.0 Å². The number of hydrogen-bond donors (Lipinski definition) is 4. The minimum Gasteiger partial charge on any atom is -0.475 e. The van der Waals surface area contributed by atoms with Crippen LogP contribution in [0.3, 0.4) is 0 Å². The minimum absolute atomic E-state index is 0.0430. The molecule has 1 unspecified atom stereocenters. The number of nitrogens with one attached hydrogen (secondary N) is 2. The fourth-order valence-electron chi connectivity index (χ4n) is 3.26. The van der Waals surface area contributed by atoms with Crippen molar-refractivity contribution in [2.75, 3.05) is 16.6 Å². The molecule has 200 valence electrons. The van der Waals surface area contributed by atoms with Gasteiger partial charge in [0.05, 0.1) is 22.0 Å². The van der Waals surface area contributed by atoms with Gasteiger partial charge in [0, 0.05) is 6.61 Å². The smallest absolute Gasteiger partial charge is 0.475 e. The Labute approximate surface area is 216 Å². The highest BCUT2D eigenvalue weighted by Crippen LogP contribution is 2.29. The first-order valence-electron chi connectivity index (χ1n) is 11.1. The highest BCUT2D eigenvalue weighted by Gasteiger charge is 2.38. The number of halogens is 3. The standard InChI is InChI=1S/C23H22N4O3S.C2HF3O2/c28-16-15-19(17-9-3-1-4-10-17)24-22-23(26-21-14-8-7-13-20(21)25-22)27-31(29,30)18-11-5-2-6-12-18;3-2(4,5)1(6)7/h1-14,19,28H,15-16H2,(H,24,25)(H,26,27);(H,6,7). The number of fused-ring (bicyclic) bond motifs is 1. The molecule has 13 heteroatoms. The molecule has 0 amide bonds. The van der Waals surface area contributed by atoms with Gasteiger partial charge in [0.1, 0.15) is 0 Å². The van der Waals surface area contributed by atoms with E-state index < -0.39 is 22.2 Å². The quantitative estimate of drug-likeness (QED) is 0.250. The lowest BCUT2D eigenvalue weighted by molar-refractivity contribution is -0.192. The molecule has 38 heavy (non-hydrogen) atoms. The van der Waals surface area contributed by atoms with Crippen molar-refractivity contribution < 1.29 is 36.6 Å². The topological polar surface area (TPSA) is 142 Å². The third kappa shape index (κ3) is 7.63. The fraction of sp³-hybridized carbons (Fsp3) is 0.160. The van der Waals surface area contributed by atoms with Gasteiger partial charge in [0.2, 0.25) is 0 Å². The molecular weight excluding hydrogens is 525 g/mol.